The van der Waals surface area contributed by atoms with Crippen LogP contribution >= 0.6 is 11.3 Å². The Kier molecular flexibility index (Phi) is 3.69. The number of aryl methyl sites for hydroxylation is 1. The zero-order valence-corrected chi connectivity index (χ0v) is 9.90. The molecule has 1 aromatic heterocycles. The molecule has 0 saturated heterocycles. The van der Waals surface area contributed by atoms with Crippen LogP contribution in [0.5, 0.6) is 0 Å². The molecule has 1 rings (SSSR count). The molecule has 0 aliphatic rings. The Balaban J connectivity index is 3.02. The van der Waals surface area contributed by atoms with Crippen molar-refractivity contribution in [3.05, 3.63) is 21.4 Å². The maximum absolute atomic E-state index is 11.6. The minimum absolute atomic E-state index is 0.194. The molecule has 0 atom stereocenters. The fourth-order valence-corrected chi connectivity index (χ4v) is 2.54. The smallest absolute Gasteiger partial charge is 0.339 e. The first-order valence-corrected chi connectivity index (χ1v) is 5.71. The van der Waals surface area contributed by atoms with Gasteiger partial charge < -0.3 is 4.74 Å². The Labute approximate surface area is 88.9 Å². The summed E-state index contributed by atoms with van der Waals surface area (Å²) in [7, 11) is 0. The van der Waals surface area contributed by atoms with E-state index in [1.165, 1.54) is 4.88 Å². The number of hydrogen-bond donors (Lipinski definition) is 0. The van der Waals surface area contributed by atoms with Gasteiger partial charge >= 0.3 is 5.97 Å². The molecular formula is C11H16O2S. The molecule has 3 heteroatoms. The first kappa shape index (κ1) is 11.2. The highest BCUT2D eigenvalue weighted by molar-refractivity contribution is 7.10. The van der Waals surface area contributed by atoms with Gasteiger partial charge in [-0.15, -0.1) is 11.3 Å². The largest absolute Gasteiger partial charge is 0.462 e. The van der Waals surface area contributed by atoms with E-state index in [9.17, 15) is 4.79 Å². The van der Waals surface area contributed by atoms with Crippen molar-refractivity contribution in [2.24, 2.45) is 0 Å². The Hall–Kier alpha value is -0.830. The lowest BCUT2D eigenvalue weighted by Crippen LogP contribution is -2.07. The van der Waals surface area contributed by atoms with Crippen LogP contribution in [0.1, 0.15) is 47.5 Å². The number of carbonyl (C=O) groups excluding carboxylic acids is 1. The lowest BCUT2D eigenvalue weighted by atomic mass is 10.00. The number of ether oxygens (including phenoxy) is 1. The van der Waals surface area contributed by atoms with Crippen LogP contribution in [0.15, 0.2) is 5.38 Å². The summed E-state index contributed by atoms with van der Waals surface area (Å²) in [5.74, 6) is 0.182. The van der Waals surface area contributed by atoms with Gasteiger partial charge in [-0.05, 0) is 25.3 Å². The Bertz CT molecular complexity index is 326. The highest BCUT2D eigenvalue weighted by Gasteiger charge is 2.18. The molecule has 0 bridgehead atoms. The molecule has 0 saturated carbocycles. The van der Waals surface area contributed by atoms with Gasteiger partial charge in [-0.25, -0.2) is 4.79 Å². The molecule has 0 radical (unpaired) electrons. The topological polar surface area (TPSA) is 26.3 Å². The molecule has 1 aromatic rings. The molecule has 78 valence electrons. The Morgan fingerprint density at radius 1 is 1.57 bits per heavy atom. The lowest BCUT2D eigenvalue weighted by molar-refractivity contribution is 0.0525. The molecule has 1 heterocycles. The van der Waals surface area contributed by atoms with Crippen LogP contribution in [0.3, 0.4) is 0 Å². The van der Waals surface area contributed by atoms with Gasteiger partial charge in [0.05, 0.1) is 12.2 Å². The Morgan fingerprint density at radius 3 is 2.71 bits per heavy atom. The van der Waals surface area contributed by atoms with Crippen molar-refractivity contribution >= 4 is 17.3 Å². The first-order chi connectivity index (χ1) is 6.57. The number of carbonyl (C=O) groups is 1. The van der Waals surface area contributed by atoms with Crippen LogP contribution in [0, 0.1) is 6.92 Å². The number of thiophene rings is 1. The maximum Gasteiger partial charge on any atom is 0.339 e. The highest BCUT2D eigenvalue weighted by atomic mass is 32.1. The van der Waals surface area contributed by atoms with Crippen molar-refractivity contribution in [1.82, 2.24) is 0 Å². The summed E-state index contributed by atoms with van der Waals surface area (Å²) in [6.07, 6.45) is 0. The van der Waals surface area contributed by atoms with Gasteiger partial charge in [0.25, 0.3) is 0 Å². The standard InChI is InChI=1S/C11H16O2S/c1-5-13-11(12)9-6-14-8(4)10(9)7(2)3/h6-7H,5H2,1-4H3. The highest BCUT2D eigenvalue weighted by Crippen LogP contribution is 2.29. The second-order valence-corrected chi connectivity index (χ2v) is 4.58. The molecule has 0 aliphatic heterocycles. The molecule has 0 fully saturated rings. The second kappa shape index (κ2) is 4.60. The zero-order valence-electron chi connectivity index (χ0n) is 9.09. The normalized spacial score (nSPS) is 10.6. The van der Waals surface area contributed by atoms with E-state index in [1.54, 1.807) is 11.3 Å². The maximum atomic E-state index is 11.6. The van der Waals surface area contributed by atoms with Crippen LogP contribution < -0.4 is 0 Å². The third-order valence-electron chi connectivity index (χ3n) is 2.10. The predicted octanol–water partition coefficient (Wildman–Crippen LogP) is 3.36. The minimum atomic E-state index is -0.194. The van der Waals surface area contributed by atoms with E-state index in [0.717, 1.165) is 11.1 Å². The number of rotatable bonds is 3. The third kappa shape index (κ3) is 2.15. The lowest BCUT2D eigenvalue weighted by Gasteiger charge is -2.08. The summed E-state index contributed by atoms with van der Waals surface area (Å²) >= 11 is 1.61. The van der Waals surface area contributed by atoms with Crippen LogP contribution in [0.2, 0.25) is 0 Å². The molecular weight excluding hydrogens is 196 g/mol. The van der Waals surface area contributed by atoms with Crippen molar-refractivity contribution in [2.45, 2.75) is 33.6 Å². The van der Waals surface area contributed by atoms with E-state index in [1.807, 2.05) is 19.2 Å². The van der Waals surface area contributed by atoms with Gasteiger partial charge in [-0.3, -0.25) is 0 Å². The summed E-state index contributed by atoms with van der Waals surface area (Å²) in [4.78, 5) is 12.8. The minimum Gasteiger partial charge on any atom is -0.462 e. The second-order valence-electron chi connectivity index (χ2n) is 3.49. The summed E-state index contributed by atoms with van der Waals surface area (Å²) < 4.78 is 5.00. The van der Waals surface area contributed by atoms with E-state index in [-0.39, 0.29) is 5.97 Å². The summed E-state index contributed by atoms with van der Waals surface area (Å²) in [6, 6.07) is 0. The fraction of sp³-hybridized carbons (Fsp3) is 0.545. The molecule has 0 aromatic carbocycles. The summed E-state index contributed by atoms with van der Waals surface area (Å²) in [6.45, 7) is 8.50. The third-order valence-corrected chi connectivity index (χ3v) is 3.02. The van der Waals surface area contributed by atoms with Crippen molar-refractivity contribution in [3.63, 3.8) is 0 Å². The van der Waals surface area contributed by atoms with E-state index in [2.05, 4.69) is 13.8 Å². The molecule has 0 spiro atoms. The molecule has 0 N–H and O–H groups in total. The average Bonchev–Trinajstić information content (AvgIpc) is 2.47. The van der Waals surface area contributed by atoms with Gasteiger partial charge in [0.1, 0.15) is 0 Å². The summed E-state index contributed by atoms with van der Waals surface area (Å²) in [5.41, 5.74) is 1.87. The zero-order chi connectivity index (χ0) is 10.7. The molecule has 14 heavy (non-hydrogen) atoms. The van der Waals surface area contributed by atoms with Crippen molar-refractivity contribution in [1.29, 1.82) is 0 Å². The fourth-order valence-electron chi connectivity index (χ4n) is 1.55. The molecule has 0 amide bonds. The van der Waals surface area contributed by atoms with E-state index in [0.29, 0.717) is 12.5 Å². The van der Waals surface area contributed by atoms with Gasteiger partial charge in [0.15, 0.2) is 0 Å². The number of esters is 1. The summed E-state index contributed by atoms with van der Waals surface area (Å²) in [5, 5.41) is 1.89. The van der Waals surface area contributed by atoms with Crippen molar-refractivity contribution < 1.29 is 9.53 Å². The van der Waals surface area contributed by atoms with Crippen molar-refractivity contribution in [2.75, 3.05) is 6.61 Å². The van der Waals surface area contributed by atoms with Crippen LogP contribution in [-0.4, -0.2) is 12.6 Å². The van der Waals surface area contributed by atoms with Crippen LogP contribution in [0.25, 0.3) is 0 Å². The van der Waals surface area contributed by atoms with E-state index < -0.39 is 0 Å². The number of hydrogen-bond acceptors (Lipinski definition) is 3. The molecule has 0 unspecified atom stereocenters. The SMILES string of the molecule is CCOC(=O)c1csc(C)c1C(C)C. The van der Waals surface area contributed by atoms with E-state index in [4.69, 9.17) is 4.74 Å². The average molecular weight is 212 g/mol. The van der Waals surface area contributed by atoms with Gasteiger partial charge in [0.2, 0.25) is 0 Å². The van der Waals surface area contributed by atoms with Gasteiger partial charge in [0, 0.05) is 10.3 Å². The van der Waals surface area contributed by atoms with Gasteiger partial charge in [-0.1, -0.05) is 13.8 Å². The molecule has 0 aliphatic carbocycles. The first-order valence-electron chi connectivity index (χ1n) is 4.83. The Morgan fingerprint density at radius 2 is 2.21 bits per heavy atom. The quantitative estimate of drug-likeness (QED) is 0.718. The van der Waals surface area contributed by atoms with Crippen LogP contribution in [0.4, 0.5) is 0 Å². The van der Waals surface area contributed by atoms with E-state index >= 15 is 0 Å². The monoisotopic (exact) mass is 212 g/mol. The van der Waals surface area contributed by atoms with Crippen LogP contribution in [-0.2, 0) is 4.74 Å². The predicted molar refractivity (Wildman–Crippen MR) is 59.1 cm³/mol. The van der Waals surface area contributed by atoms with Crippen molar-refractivity contribution in [3.8, 4) is 0 Å². The van der Waals surface area contributed by atoms with Gasteiger partial charge in [-0.2, -0.15) is 0 Å². The molecule has 2 nitrogen and oxygen atoms in total.